The van der Waals surface area contributed by atoms with Crippen LogP contribution in [0.3, 0.4) is 0 Å². The van der Waals surface area contributed by atoms with E-state index < -0.39 is 16.1 Å². The second kappa shape index (κ2) is 9.10. The summed E-state index contributed by atoms with van der Waals surface area (Å²) in [6.07, 6.45) is 0.222. The van der Waals surface area contributed by atoms with Gasteiger partial charge in [-0.15, -0.1) is 0 Å². The molecule has 160 valence electrons. The zero-order chi connectivity index (χ0) is 21.0. The average molecular weight is 426 g/mol. The molecule has 10 heteroatoms. The summed E-state index contributed by atoms with van der Waals surface area (Å²) in [6.45, 7) is 4.80. The molecule has 0 spiro atoms. The number of sulfonamides is 1. The number of rotatable bonds is 3. The van der Waals surface area contributed by atoms with Crippen LogP contribution in [0.1, 0.15) is 22.3 Å². The number of carbonyl (C=O) groups excluding carboxylic acids is 2. The normalized spacial score (nSPS) is 19.0. The molecule has 2 fully saturated rings. The monoisotopic (exact) mass is 425 g/mol. The highest BCUT2D eigenvalue weighted by atomic mass is 32.2. The highest BCUT2D eigenvalue weighted by Gasteiger charge is 2.29. The number of morpholine rings is 1. The number of benzene rings is 1. The van der Waals surface area contributed by atoms with Crippen LogP contribution < -0.4 is 0 Å². The smallest absolute Gasteiger partial charge is 0.409 e. The predicted molar refractivity (Wildman–Crippen MR) is 105 cm³/mol. The molecule has 1 aromatic carbocycles. The predicted octanol–water partition coefficient (Wildman–Crippen LogP) is 0.930. The van der Waals surface area contributed by atoms with E-state index >= 15 is 0 Å². The number of aryl methyl sites for hydroxylation is 1. The first-order chi connectivity index (χ1) is 13.8. The van der Waals surface area contributed by atoms with Crippen LogP contribution >= 0.6 is 0 Å². The van der Waals surface area contributed by atoms with E-state index in [0.717, 1.165) is 0 Å². The van der Waals surface area contributed by atoms with Gasteiger partial charge in [-0.05, 0) is 31.0 Å². The van der Waals surface area contributed by atoms with Gasteiger partial charge in [0.1, 0.15) is 0 Å². The third-order valence-corrected chi connectivity index (χ3v) is 7.28. The summed E-state index contributed by atoms with van der Waals surface area (Å²) in [5.74, 6) is -0.241. The number of hydrogen-bond donors (Lipinski definition) is 0. The van der Waals surface area contributed by atoms with E-state index in [0.29, 0.717) is 70.0 Å². The van der Waals surface area contributed by atoms with E-state index in [2.05, 4.69) is 0 Å². The molecule has 2 aliphatic rings. The highest BCUT2D eigenvalue weighted by molar-refractivity contribution is 7.89. The molecule has 0 radical (unpaired) electrons. The third kappa shape index (κ3) is 4.71. The molecule has 0 aromatic heterocycles. The molecule has 3 rings (SSSR count). The van der Waals surface area contributed by atoms with Gasteiger partial charge >= 0.3 is 6.09 Å². The van der Waals surface area contributed by atoms with Crippen molar-refractivity contribution in [3.05, 3.63) is 29.3 Å². The molecule has 0 saturated carbocycles. The molecule has 2 saturated heterocycles. The Hall–Kier alpha value is -2.17. The van der Waals surface area contributed by atoms with Crippen LogP contribution in [0.2, 0.25) is 0 Å². The van der Waals surface area contributed by atoms with Gasteiger partial charge in [0, 0.05) is 44.8 Å². The Labute approximate surface area is 171 Å². The molecule has 0 bridgehead atoms. The maximum absolute atomic E-state index is 13.1. The molecule has 1 aromatic rings. The van der Waals surface area contributed by atoms with Crippen molar-refractivity contribution >= 4 is 22.0 Å². The van der Waals surface area contributed by atoms with E-state index in [1.54, 1.807) is 28.9 Å². The molecule has 2 amide bonds. The van der Waals surface area contributed by atoms with Gasteiger partial charge in [-0.1, -0.05) is 6.07 Å². The maximum Gasteiger partial charge on any atom is 0.409 e. The molecule has 29 heavy (non-hydrogen) atoms. The average Bonchev–Trinajstić information content (AvgIpc) is 3.00. The minimum Gasteiger partial charge on any atom is -0.453 e. The molecule has 2 heterocycles. The van der Waals surface area contributed by atoms with Gasteiger partial charge in [0.15, 0.2) is 0 Å². The molecule has 9 nitrogen and oxygen atoms in total. The quantitative estimate of drug-likeness (QED) is 0.715. The number of ether oxygens (including phenoxy) is 2. The zero-order valence-electron chi connectivity index (χ0n) is 16.8. The fourth-order valence-electron chi connectivity index (χ4n) is 3.55. The van der Waals surface area contributed by atoms with Crippen molar-refractivity contribution in [1.82, 2.24) is 14.1 Å². The van der Waals surface area contributed by atoms with Gasteiger partial charge < -0.3 is 19.3 Å². The fraction of sp³-hybridized carbons (Fsp3) is 0.579. The maximum atomic E-state index is 13.1. The molecule has 2 aliphatic heterocycles. The Morgan fingerprint density at radius 1 is 1.00 bits per heavy atom. The second-order valence-electron chi connectivity index (χ2n) is 7.10. The van der Waals surface area contributed by atoms with Gasteiger partial charge in [0.05, 0.1) is 25.2 Å². The van der Waals surface area contributed by atoms with Crippen molar-refractivity contribution < 1.29 is 27.5 Å². The first kappa shape index (κ1) is 21.5. The molecular formula is C19H27N3O6S. The van der Waals surface area contributed by atoms with Gasteiger partial charge in [-0.25, -0.2) is 13.2 Å². The van der Waals surface area contributed by atoms with Crippen LogP contribution in [0.15, 0.2) is 23.1 Å². The standard InChI is InChI=1S/C19H27N3O6S/c1-15-4-5-16(14-17(15)29(25,26)22-10-12-28-13-11-22)18(23)20-6-3-7-21(9-8-20)19(24)27-2/h4-5,14H,3,6-13H2,1-2H3. The van der Waals surface area contributed by atoms with Gasteiger partial charge in [0.25, 0.3) is 5.91 Å². The van der Waals surface area contributed by atoms with E-state index in [1.165, 1.54) is 17.5 Å². The lowest BCUT2D eigenvalue weighted by atomic mass is 10.1. The summed E-state index contributed by atoms with van der Waals surface area (Å²) in [5.41, 5.74) is 0.926. The number of carbonyl (C=O) groups is 2. The lowest BCUT2D eigenvalue weighted by Crippen LogP contribution is -2.41. The lowest BCUT2D eigenvalue weighted by molar-refractivity contribution is 0.0729. The molecule has 0 atom stereocenters. The first-order valence-corrected chi connectivity index (χ1v) is 11.1. The van der Waals surface area contributed by atoms with Crippen LogP contribution in [0.4, 0.5) is 4.79 Å². The fourth-order valence-corrected chi connectivity index (χ4v) is 5.21. The van der Waals surface area contributed by atoms with Gasteiger partial charge in [0.2, 0.25) is 10.0 Å². The SMILES string of the molecule is COC(=O)N1CCCN(C(=O)c2ccc(C)c(S(=O)(=O)N3CCOCC3)c2)CC1. The Morgan fingerprint density at radius 3 is 2.34 bits per heavy atom. The Kier molecular flexibility index (Phi) is 6.76. The largest absolute Gasteiger partial charge is 0.453 e. The number of nitrogens with zero attached hydrogens (tertiary/aromatic N) is 3. The highest BCUT2D eigenvalue weighted by Crippen LogP contribution is 2.23. The van der Waals surface area contributed by atoms with E-state index in [1.807, 2.05) is 0 Å². The van der Waals surface area contributed by atoms with Crippen LogP contribution in [0.5, 0.6) is 0 Å². The Bertz CT molecular complexity index is 867. The van der Waals surface area contributed by atoms with Crippen molar-refractivity contribution in [2.24, 2.45) is 0 Å². The Balaban J connectivity index is 1.80. The minimum atomic E-state index is -3.70. The molecule has 0 unspecified atom stereocenters. The first-order valence-electron chi connectivity index (χ1n) is 9.65. The van der Waals surface area contributed by atoms with Crippen LogP contribution in [0.25, 0.3) is 0 Å². The summed E-state index contributed by atoms with van der Waals surface area (Å²) in [6, 6.07) is 4.78. The van der Waals surface area contributed by atoms with Gasteiger partial charge in [-0.3, -0.25) is 4.79 Å². The second-order valence-corrected chi connectivity index (χ2v) is 9.01. The molecule has 0 aliphatic carbocycles. The summed E-state index contributed by atoms with van der Waals surface area (Å²) in [4.78, 5) is 28.1. The molecule has 0 N–H and O–H groups in total. The topological polar surface area (TPSA) is 96.5 Å². The minimum absolute atomic E-state index is 0.149. The van der Waals surface area contributed by atoms with Crippen LogP contribution in [-0.4, -0.2) is 94.1 Å². The number of amides is 2. The van der Waals surface area contributed by atoms with Crippen molar-refractivity contribution in [3.63, 3.8) is 0 Å². The van der Waals surface area contributed by atoms with Crippen molar-refractivity contribution in [3.8, 4) is 0 Å². The number of hydrogen-bond acceptors (Lipinski definition) is 6. The van der Waals surface area contributed by atoms with Crippen molar-refractivity contribution in [2.75, 3.05) is 59.6 Å². The van der Waals surface area contributed by atoms with E-state index in [4.69, 9.17) is 9.47 Å². The lowest BCUT2D eigenvalue weighted by Gasteiger charge is -2.27. The van der Waals surface area contributed by atoms with Crippen molar-refractivity contribution in [1.29, 1.82) is 0 Å². The van der Waals surface area contributed by atoms with Crippen LogP contribution in [-0.2, 0) is 19.5 Å². The van der Waals surface area contributed by atoms with Gasteiger partial charge in [-0.2, -0.15) is 4.31 Å². The summed E-state index contributed by atoms with van der Waals surface area (Å²) in [7, 11) is -2.36. The van der Waals surface area contributed by atoms with Crippen LogP contribution in [0, 0.1) is 6.92 Å². The Morgan fingerprint density at radius 2 is 1.66 bits per heavy atom. The third-order valence-electron chi connectivity index (χ3n) is 5.24. The summed E-state index contributed by atoms with van der Waals surface area (Å²) in [5, 5.41) is 0. The van der Waals surface area contributed by atoms with Crippen molar-refractivity contribution in [2.45, 2.75) is 18.2 Å². The van der Waals surface area contributed by atoms with E-state index in [-0.39, 0.29) is 10.8 Å². The number of methoxy groups -OCH3 is 1. The summed E-state index contributed by atoms with van der Waals surface area (Å²) < 4.78 is 37.5. The van der Waals surface area contributed by atoms with E-state index in [9.17, 15) is 18.0 Å². The zero-order valence-corrected chi connectivity index (χ0v) is 17.6. The molecular weight excluding hydrogens is 398 g/mol. The summed E-state index contributed by atoms with van der Waals surface area (Å²) >= 11 is 0.